The number of aromatic carboxylic acids is 1. The SMILES string of the molecule is CC(C)(C)OC(=O)N1CCC[C@@H](c2[nH]ncc2C(=O)O)C1. The zero-order chi connectivity index (χ0) is 15.6. The highest BCUT2D eigenvalue weighted by Crippen LogP contribution is 2.28. The molecule has 7 heteroatoms. The lowest BCUT2D eigenvalue weighted by Crippen LogP contribution is -2.42. The molecule has 0 saturated carbocycles. The normalized spacial score (nSPS) is 19.4. The number of carbonyl (C=O) groups excluding carboxylic acids is 1. The molecular formula is C14H21N3O4. The maximum atomic E-state index is 12.1. The van der Waals surface area contributed by atoms with Gasteiger partial charge in [0.15, 0.2) is 0 Å². The lowest BCUT2D eigenvalue weighted by molar-refractivity contribution is 0.0197. The Bertz CT molecular complexity index is 533. The average molecular weight is 295 g/mol. The van der Waals surface area contributed by atoms with Crippen molar-refractivity contribution < 1.29 is 19.4 Å². The van der Waals surface area contributed by atoms with Gasteiger partial charge in [0, 0.05) is 19.0 Å². The Morgan fingerprint density at radius 3 is 2.81 bits per heavy atom. The van der Waals surface area contributed by atoms with Gasteiger partial charge >= 0.3 is 12.1 Å². The number of carbonyl (C=O) groups is 2. The van der Waals surface area contributed by atoms with Crippen LogP contribution in [0, 0.1) is 0 Å². The molecule has 0 spiro atoms. The number of aromatic amines is 1. The number of H-pyrrole nitrogens is 1. The Morgan fingerprint density at radius 2 is 2.19 bits per heavy atom. The van der Waals surface area contributed by atoms with Gasteiger partial charge in [-0.2, -0.15) is 5.10 Å². The van der Waals surface area contributed by atoms with E-state index in [0.717, 1.165) is 12.8 Å². The van der Waals surface area contributed by atoms with E-state index in [0.29, 0.717) is 18.8 Å². The third-order valence-corrected chi connectivity index (χ3v) is 3.38. The molecular weight excluding hydrogens is 274 g/mol. The summed E-state index contributed by atoms with van der Waals surface area (Å²) < 4.78 is 5.37. The van der Waals surface area contributed by atoms with E-state index in [-0.39, 0.29) is 17.6 Å². The van der Waals surface area contributed by atoms with Crippen LogP contribution in [0.3, 0.4) is 0 Å². The summed E-state index contributed by atoms with van der Waals surface area (Å²) in [5.74, 6) is -1.06. The minimum atomic E-state index is -1.01. The van der Waals surface area contributed by atoms with Gasteiger partial charge in [-0.25, -0.2) is 9.59 Å². The number of piperidine rings is 1. The van der Waals surface area contributed by atoms with Gasteiger partial charge < -0.3 is 14.7 Å². The Hall–Kier alpha value is -2.05. The zero-order valence-corrected chi connectivity index (χ0v) is 12.5. The van der Waals surface area contributed by atoms with Crippen LogP contribution < -0.4 is 0 Å². The van der Waals surface area contributed by atoms with Crippen molar-refractivity contribution in [2.24, 2.45) is 0 Å². The molecule has 1 fully saturated rings. The lowest BCUT2D eigenvalue weighted by atomic mass is 9.93. The van der Waals surface area contributed by atoms with Crippen LogP contribution in [-0.4, -0.2) is 51.0 Å². The molecule has 0 unspecified atom stereocenters. The molecule has 1 aromatic rings. The largest absolute Gasteiger partial charge is 0.478 e. The van der Waals surface area contributed by atoms with Crippen molar-refractivity contribution in [3.05, 3.63) is 17.5 Å². The molecule has 0 bridgehead atoms. The highest BCUT2D eigenvalue weighted by molar-refractivity contribution is 5.88. The molecule has 0 aromatic carbocycles. The van der Waals surface area contributed by atoms with E-state index in [1.54, 1.807) is 4.90 Å². The van der Waals surface area contributed by atoms with Gasteiger partial charge in [0.05, 0.1) is 11.9 Å². The summed E-state index contributed by atoms with van der Waals surface area (Å²) in [6, 6.07) is 0. The van der Waals surface area contributed by atoms with Gasteiger partial charge in [-0.15, -0.1) is 0 Å². The Kier molecular flexibility index (Phi) is 4.20. The number of aromatic nitrogens is 2. The Balaban J connectivity index is 2.09. The first-order chi connectivity index (χ1) is 9.78. The van der Waals surface area contributed by atoms with Crippen molar-refractivity contribution in [1.29, 1.82) is 0 Å². The fourth-order valence-electron chi connectivity index (χ4n) is 2.48. The van der Waals surface area contributed by atoms with Crippen LogP contribution in [0.4, 0.5) is 4.79 Å². The number of amides is 1. The molecule has 116 valence electrons. The fraction of sp³-hybridized carbons (Fsp3) is 0.643. The van der Waals surface area contributed by atoms with Crippen LogP contribution in [0.2, 0.25) is 0 Å². The predicted octanol–water partition coefficient (Wildman–Crippen LogP) is 2.22. The predicted molar refractivity (Wildman–Crippen MR) is 75.3 cm³/mol. The van der Waals surface area contributed by atoms with E-state index in [1.807, 2.05) is 20.8 Å². The number of ether oxygens (including phenoxy) is 1. The highest BCUT2D eigenvalue weighted by atomic mass is 16.6. The van der Waals surface area contributed by atoms with Gasteiger partial charge in [-0.3, -0.25) is 5.10 Å². The van der Waals surface area contributed by atoms with Crippen molar-refractivity contribution >= 4 is 12.1 Å². The van der Waals surface area contributed by atoms with Gasteiger partial charge in [0.1, 0.15) is 11.2 Å². The van der Waals surface area contributed by atoms with Crippen LogP contribution in [0.5, 0.6) is 0 Å². The monoisotopic (exact) mass is 295 g/mol. The maximum Gasteiger partial charge on any atom is 0.410 e. The molecule has 1 saturated heterocycles. The first kappa shape index (κ1) is 15.3. The van der Waals surface area contributed by atoms with Gasteiger partial charge in [-0.1, -0.05) is 0 Å². The molecule has 1 amide bonds. The van der Waals surface area contributed by atoms with Gasteiger partial charge in [0.25, 0.3) is 0 Å². The molecule has 7 nitrogen and oxygen atoms in total. The first-order valence-corrected chi connectivity index (χ1v) is 7.02. The number of hydrogen-bond acceptors (Lipinski definition) is 4. The van der Waals surface area contributed by atoms with E-state index in [9.17, 15) is 9.59 Å². The molecule has 0 aliphatic carbocycles. The molecule has 1 aliphatic rings. The minimum Gasteiger partial charge on any atom is -0.478 e. The Labute approximate surface area is 123 Å². The van der Waals surface area contributed by atoms with Crippen LogP contribution in [0.15, 0.2) is 6.20 Å². The second kappa shape index (κ2) is 5.75. The second-order valence-corrected chi connectivity index (χ2v) is 6.27. The summed E-state index contributed by atoms with van der Waals surface area (Å²) in [7, 11) is 0. The van der Waals surface area contributed by atoms with Crippen molar-refractivity contribution in [2.45, 2.75) is 45.1 Å². The maximum absolute atomic E-state index is 12.1. The molecule has 1 aromatic heterocycles. The number of carboxylic acids is 1. The number of nitrogens with one attached hydrogen (secondary N) is 1. The van der Waals surface area contributed by atoms with Crippen LogP contribution in [-0.2, 0) is 4.74 Å². The van der Waals surface area contributed by atoms with Crippen LogP contribution >= 0.6 is 0 Å². The summed E-state index contributed by atoms with van der Waals surface area (Å²) in [4.78, 5) is 24.9. The molecule has 0 radical (unpaired) electrons. The summed E-state index contributed by atoms with van der Waals surface area (Å²) in [5.41, 5.74) is 0.214. The van der Waals surface area contributed by atoms with Crippen LogP contribution in [0.1, 0.15) is 55.6 Å². The molecule has 21 heavy (non-hydrogen) atoms. The summed E-state index contributed by atoms with van der Waals surface area (Å²) >= 11 is 0. The molecule has 1 atom stereocenters. The minimum absolute atomic E-state index is 0.0557. The molecule has 2 rings (SSSR count). The summed E-state index contributed by atoms with van der Waals surface area (Å²) in [5, 5.41) is 15.7. The van der Waals surface area contributed by atoms with E-state index >= 15 is 0 Å². The average Bonchev–Trinajstić information content (AvgIpc) is 2.86. The van der Waals surface area contributed by atoms with Gasteiger partial charge in [-0.05, 0) is 33.6 Å². The van der Waals surface area contributed by atoms with Crippen LogP contribution in [0.25, 0.3) is 0 Å². The van der Waals surface area contributed by atoms with Crippen molar-refractivity contribution in [3.8, 4) is 0 Å². The van der Waals surface area contributed by atoms with E-state index in [4.69, 9.17) is 9.84 Å². The van der Waals surface area contributed by atoms with Gasteiger partial charge in [0.2, 0.25) is 0 Å². The zero-order valence-electron chi connectivity index (χ0n) is 12.5. The fourth-order valence-corrected chi connectivity index (χ4v) is 2.48. The lowest BCUT2D eigenvalue weighted by Gasteiger charge is -2.33. The highest BCUT2D eigenvalue weighted by Gasteiger charge is 2.31. The van der Waals surface area contributed by atoms with Crippen molar-refractivity contribution in [2.75, 3.05) is 13.1 Å². The third kappa shape index (κ3) is 3.74. The van der Waals surface area contributed by atoms with E-state index in [2.05, 4.69) is 10.2 Å². The number of nitrogens with zero attached hydrogens (tertiary/aromatic N) is 2. The smallest absolute Gasteiger partial charge is 0.410 e. The van der Waals surface area contributed by atoms with E-state index < -0.39 is 11.6 Å². The molecule has 2 N–H and O–H groups in total. The number of carboxylic acid groups (broad SMARTS) is 1. The Morgan fingerprint density at radius 1 is 1.48 bits per heavy atom. The number of likely N-dealkylation sites (tertiary alicyclic amines) is 1. The second-order valence-electron chi connectivity index (χ2n) is 6.27. The number of hydrogen-bond donors (Lipinski definition) is 2. The molecule has 2 heterocycles. The standard InChI is InChI=1S/C14H21N3O4/c1-14(2,3)21-13(20)17-6-4-5-9(8-17)11-10(12(18)19)7-15-16-11/h7,9H,4-6,8H2,1-3H3,(H,15,16)(H,18,19)/t9-/m1/s1. The third-order valence-electron chi connectivity index (χ3n) is 3.38. The summed E-state index contributed by atoms with van der Waals surface area (Å²) in [6.45, 7) is 6.54. The topological polar surface area (TPSA) is 95.5 Å². The van der Waals surface area contributed by atoms with Crippen molar-refractivity contribution in [3.63, 3.8) is 0 Å². The summed E-state index contributed by atoms with van der Waals surface area (Å²) in [6.07, 6.45) is 2.58. The van der Waals surface area contributed by atoms with Crippen molar-refractivity contribution in [1.82, 2.24) is 15.1 Å². The first-order valence-electron chi connectivity index (χ1n) is 7.02. The molecule has 1 aliphatic heterocycles. The number of rotatable bonds is 2. The quantitative estimate of drug-likeness (QED) is 0.872. The van der Waals surface area contributed by atoms with E-state index in [1.165, 1.54) is 6.20 Å².